The van der Waals surface area contributed by atoms with Gasteiger partial charge in [-0.3, -0.25) is 19.5 Å². The molecule has 1 unspecified atom stereocenters. The zero-order valence-corrected chi connectivity index (χ0v) is 20.9. The lowest BCUT2D eigenvalue weighted by Crippen LogP contribution is -2.28. The highest BCUT2D eigenvalue weighted by Gasteiger charge is 2.49. The third-order valence-electron chi connectivity index (χ3n) is 6.22. The Morgan fingerprint density at radius 2 is 1.47 bits per heavy atom. The van der Waals surface area contributed by atoms with Gasteiger partial charge in [0.25, 0.3) is 13.1 Å². The first-order chi connectivity index (χ1) is 17.4. The van der Waals surface area contributed by atoms with E-state index in [0.717, 1.165) is 11.4 Å². The van der Waals surface area contributed by atoms with Gasteiger partial charge in [-0.05, 0) is 43.2 Å². The summed E-state index contributed by atoms with van der Waals surface area (Å²) in [5.74, 6) is -1.43. The van der Waals surface area contributed by atoms with E-state index in [4.69, 9.17) is 4.74 Å². The summed E-state index contributed by atoms with van der Waals surface area (Å²) < 4.78 is 24.2. The molecule has 0 spiro atoms. The number of para-hydroxylation sites is 2. The van der Waals surface area contributed by atoms with Gasteiger partial charge in [0.1, 0.15) is 0 Å². The quantitative estimate of drug-likeness (QED) is 0.151. The molecule has 4 rings (SSSR count). The summed E-state index contributed by atoms with van der Waals surface area (Å²) >= 11 is 0. The first kappa shape index (κ1) is 25.2. The summed E-state index contributed by atoms with van der Waals surface area (Å²) in [5, 5.41) is 11.3. The summed E-state index contributed by atoms with van der Waals surface area (Å²) in [6.07, 6.45) is 0.158. The first-order valence-electron chi connectivity index (χ1n) is 11.7. The fourth-order valence-corrected chi connectivity index (χ4v) is 7.54. The minimum Gasteiger partial charge on any atom is -0.466 e. The molecule has 0 aromatic heterocycles. The van der Waals surface area contributed by atoms with Gasteiger partial charge in [-0.25, -0.2) is 0 Å². The van der Waals surface area contributed by atoms with Gasteiger partial charge in [-0.15, -0.1) is 0 Å². The third-order valence-corrected chi connectivity index (χ3v) is 9.45. The zero-order chi connectivity index (χ0) is 25.7. The van der Waals surface area contributed by atoms with Crippen LogP contribution < -0.4 is 9.34 Å². The van der Waals surface area contributed by atoms with Crippen molar-refractivity contribution in [2.24, 2.45) is 5.92 Å². The number of rotatable bonds is 9. The highest BCUT2D eigenvalue weighted by atomic mass is 31.2. The van der Waals surface area contributed by atoms with E-state index >= 15 is 4.57 Å². The predicted octanol–water partition coefficient (Wildman–Crippen LogP) is 6.05. The molecular weight excluding hydrogens is 477 g/mol. The van der Waals surface area contributed by atoms with E-state index in [1.165, 1.54) is 12.1 Å². The Balaban J connectivity index is 1.77. The van der Waals surface area contributed by atoms with Crippen LogP contribution >= 0.6 is 7.44 Å². The molecule has 1 heterocycles. The Kier molecular flexibility index (Phi) is 7.55. The molecule has 1 saturated heterocycles. The van der Waals surface area contributed by atoms with Crippen molar-refractivity contribution in [3.8, 4) is 0 Å². The van der Waals surface area contributed by atoms with Crippen LogP contribution in [-0.4, -0.2) is 30.6 Å². The summed E-state index contributed by atoms with van der Waals surface area (Å²) in [7, 11) is -3.56. The smallest absolute Gasteiger partial charge is 0.314 e. The van der Waals surface area contributed by atoms with Gasteiger partial charge in [-0.2, -0.15) is 0 Å². The fraction of sp³-hybridized carbons (Fsp3) is 0.222. The van der Waals surface area contributed by atoms with Crippen LogP contribution in [0.25, 0.3) is 0 Å². The number of esters is 1. The number of nitro groups is 1. The fourth-order valence-electron chi connectivity index (χ4n) is 4.44. The molecule has 0 radical (unpaired) electrons. The molecule has 9 heteroatoms. The number of anilines is 2. The van der Waals surface area contributed by atoms with Crippen LogP contribution in [-0.2, 0) is 20.5 Å². The summed E-state index contributed by atoms with van der Waals surface area (Å²) in [6.45, 7) is 7.11. The molecule has 0 bridgehead atoms. The van der Waals surface area contributed by atoms with E-state index in [-0.39, 0.29) is 24.0 Å². The molecule has 0 N–H and O–H groups in total. The highest BCUT2D eigenvalue weighted by molar-refractivity contribution is 7.71. The maximum atomic E-state index is 15.1. The summed E-state index contributed by atoms with van der Waals surface area (Å²) in [5.41, 5.74) is 2.19. The molecule has 3 aromatic carbocycles. The molecule has 8 nitrogen and oxygen atoms in total. The van der Waals surface area contributed by atoms with Crippen molar-refractivity contribution in [1.82, 2.24) is 0 Å². The van der Waals surface area contributed by atoms with Crippen molar-refractivity contribution in [3.05, 3.63) is 113 Å². The SMILES string of the molecule is C=C(C(Cc1ccc([N+](=O)[O-])cc1)C(=O)OCC)P1(=O)N(c2ccccc2)CCN1c1ccccc1. The molecular formula is C27H28N3O5P. The number of ether oxygens (including phenoxy) is 1. The van der Waals surface area contributed by atoms with Gasteiger partial charge >= 0.3 is 5.97 Å². The van der Waals surface area contributed by atoms with Gasteiger partial charge in [0, 0.05) is 41.9 Å². The van der Waals surface area contributed by atoms with Gasteiger partial charge in [0.2, 0.25) is 0 Å². The Bertz CT molecular complexity index is 1230. The van der Waals surface area contributed by atoms with E-state index in [1.54, 1.807) is 19.1 Å². The third kappa shape index (κ3) is 4.90. The standard InChI is InChI=1S/C27H28N3O5P/c1-3-35-27(31)26(20-22-14-16-25(17-15-22)30(32)33)21(2)36(34)28(23-10-6-4-7-11-23)18-19-29(36)24-12-8-5-9-13-24/h4-17,26H,2-3,18-20H2,1H3. The van der Waals surface area contributed by atoms with Crippen LogP contribution in [0.4, 0.5) is 17.1 Å². The molecule has 3 aromatic rings. The molecule has 36 heavy (non-hydrogen) atoms. The van der Waals surface area contributed by atoms with Crippen molar-refractivity contribution < 1.29 is 19.0 Å². The highest BCUT2D eigenvalue weighted by Crippen LogP contribution is 2.67. The number of nitro benzene ring substituents is 1. The average molecular weight is 506 g/mol. The van der Waals surface area contributed by atoms with Crippen molar-refractivity contribution in [2.45, 2.75) is 13.3 Å². The molecule has 1 aliphatic rings. The second-order valence-electron chi connectivity index (χ2n) is 8.39. The van der Waals surface area contributed by atoms with Crippen LogP contribution in [0.5, 0.6) is 0 Å². The van der Waals surface area contributed by atoms with Crippen LogP contribution in [0.1, 0.15) is 12.5 Å². The second kappa shape index (κ2) is 10.8. The Morgan fingerprint density at radius 3 is 1.92 bits per heavy atom. The number of hydrogen-bond donors (Lipinski definition) is 0. The summed E-state index contributed by atoms with van der Waals surface area (Å²) in [4.78, 5) is 23.8. The number of carbonyl (C=O) groups excluding carboxylic acids is 1. The second-order valence-corrected chi connectivity index (χ2v) is 11.0. The number of nitrogens with zero attached hydrogens (tertiary/aromatic N) is 3. The topological polar surface area (TPSA) is 93.0 Å². The van der Waals surface area contributed by atoms with Crippen molar-refractivity contribution in [3.63, 3.8) is 0 Å². The molecule has 0 amide bonds. The molecule has 0 aliphatic carbocycles. The summed E-state index contributed by atoms with van der Waals surface area (Å²) in [6, 6.07) is 24.9. The molecule has 0 saturated carbocycles. The number of benzene rings is 3. The van der Waals surface area contributed by atoms with Crippen LogP contribution in [0.3, 0.4) is 0 Å². The lowest BCUT2D eigenvalue weighted by Gasteiger charge is -2.36. The monoisotopic (exact) mass is 505 g/mol. The lowest BCUT2D eigenvalue weighted by molar-refractivity contribution is -0.384. The maximum absolute atomic E-state index is 15.1. The predicted molar refractivity (Wildman–Crippen MR) is 141 cm³/mol. The number of hydrogen-bond acceptors (Lipinski definition) is 5. The van der Waals surface area contributed by atoms with Crippen molar-refractivity contribution in [1.29, 1.82) is 0 Å². The molecule has 186 valence electrons. The van der Waals surface area contributed by atoms with Crippen molar-refractivity contribution in [2.75, 3.05) is 29.0 Å². The van der Waals surface area contributed by atoms with Crippen LogP contribution in [0.15, 0.2) is 96.8 Å². The first-order valence-corrected chi connectivity index (χ1v) is 13.3. The largest absolute Gasteiger partial charge is 0.466 e. The minimum absolute atomic E-state index is 0.0423. The molecule has 1 atom stereocenters. The van der Waals surface area contributed by atoms with E-state index in [9.17, 15) is 14.9 Å². The van der Waals surface area contributed by atoms with E-state index in [2.05, 4.69) is 6.58 Å². The Morgan fingerprint density at radius 1 is 0.972 bits per heavy atom. The lowest BCUT2D eigenvalue weighted by atomic mass is 9.99. The maximum Gasteiger partial charge on any atom is 0.314 e. The van der Waals surface area contributed by atoms with E-state index in [1.807, 2.05) is 70.0 Å². The number of carbonyl (C=O) groups is 1. The average Bonchev–Trinajstić information content (AvgIpc) is 3.26. The van der Waals surface area contributed by atoms with Gasteiger partial charge in [0.15, 0.2) is 0 Å². The van der Waals surface area contributed by atoms with Crippen LogP contribution in [0, 0.1) is 16.0 Å². The van der Waals surface area contributed by atoms with E-state index in [0.29, 0.717) is 18.7 Å². The minimum atomic E-state index is -3.56. The van der Waals surface area contributed by atoms with Crippen molar-refractivity contribution >= 4 is 30.5 Å². The van der Waals surface area contributed by atoms with Crippen LogP contribution in [0.2, 0.25) is 0 Å². The molecule has 1 aliphatic heterocycles. The Labute approximate surface area is 210 Å². The molecule has 1 fully saturated rings. The number of non-ortho nitro benzene ring substituents is 1. The van der Waals surface area contributed by atoms with Gasteiger partial charge in [-0.1, -0.05) is 55.1 Å². The normalized spacial score (nSPS) is 15.4. The van der Waals surface area contributed by atoms with Gasteiger partial charge in [0.05, 0.1) is 17.4 Å². The Hall–Kier alpha value is -3.90. The van der Waals surface area contributed by atoms with Gasteiger partial charge < -0.3 is 14.1 Å². The zero-order valence-electron chi connectivity index (χ0n) is 20.0. The van der Waals surface area contributed by atoms with E-state index < -0.39 is 24.3 Å².